The van der Waals surface area contributed by atoms with Crippen LogP contribution in [0.15, 0.2) is 65.6 Å². The Hall–Kier alpha value is -3.60. The number of rotatable bonds is 5. The van der Waals surface area contributed by atoms with Gasteiger partial charge in [0.1, 0.15) is 5.56 Å². The summed E-state index contributed by atoms with van der Waals surface area (Å²) in [6.07, 6.45) is -8.84. The van der Waals surface area contributed by atoms with Crippen molar-refractivity contribution in [2.75, 3.05) is 13.1 Å². The Bertz CT molecular complexity index is 1330. The molecule has 1 aliphatic rings. The Labute approximate surface area is 214 Å². The molecule has 1 fully saturated rings. The van der Waals surface area contributed by atoms with Crippen molar-refractivity contribution in [3.8, 4) is 0 Å². The first kappa shape index (κ1) is 27.4. The molecular weight excluding hydrogens is 514 g/mol. The van der Waals surface area contributed by atoms with E-state index in [1.807, 2.05) is 25.1 Å². The molecule has 2 atom stereocenters. The summed E-state index contributed by atoms with van der Waals surface area (Å²) >= 11 is 0. The van der Waals surface area contributed by atoms with Crippen molar-refractivity contribution in [1.29, 1.82) is 0 Å². The minimum atomic E-state index is -4.96. The maximum absolute atomic E-state index is 13.3. The molecule has 202 valence electrons. The zero-order chi connectivity index (χ0) is 27.7. The lowest BCUT2D eigenvalue weighted by atomic mass is 9.85. The van der Waals surface area contributed by atoms with Crippen LogP contribution in [0.4, 0.5) is 26.3 Å². The number of alkyl halides is 6. The molecule has 38 heavy (non-hydrogen) atoms. The van der Waals surface area contributed by atoms with E-state index in [9.17, 15) is 35.9 Å². The van der Waals surface area contributed by atoms with Crippen molar-refractivity contribution in [3.63, 3.8) is 0 Å². The maximum atomic E-state index is 13.3. The third-order valence-corrected chi connectivity index (χ3v) is 6.58. The number of halogens is 6. The molecule has 0 bridgehead atoms. The number of benzene rings is 2. The van der Waals surface area contributed by atoms with Gasteiger partial charge >= 0.3 is 12.4 Å². The highest BCUT2D eigenvalue weighted by molar-refractivity contribution is 5.93. The van der Waals surface area contributed by atoms with Gasteiger partial charge in [0.25, 0.3) is 11.5 Å². The molecule has 1 saturated heterocycles. The number of likely N-dealkylation sites (tertiary alicyclic amines) is 1. The molecule has 2 heterocycles. The van der Waals surface area contributed by atoms with Crippen LogP contribution >= 0.6 is 0 Å². The molecule has 1 amide bonds. The molecule has 1 N–H and O–H groups in total. The van der Waals surface area contributed by atoms with Crippen LogP contribution in [-0.4, -0.2) is 35.0 Å². The Morgan fingerprint density at radius 1 is 1.00 bits per heavy atom. The number of H-pyrrole nitrogens is 1. The largest absolute Gasteiger partial charge is 0.416 e. The van der Waals surface area contributed by atoms with Crippen LogP contribution in [-0.2, 0) is 23.7 Å². The first-order valence-corrected chi connectivity index (χ1v) is 11.8. The number of nitrogens with zero attached hydrogens (tertiary/aromatic N) is 1. The molecular formula is C27H24F6N2O3. The monoisotopic (exact) mass is 538 g/mol. The summed E-state index contributed by atoms with van der Waals surface area (Å²) in [5.74, 6) is -0.902. The number of nitrogens with one attached hydrogen (secondary N) is 1. The summed E-state index contributed by atoms with van der Waals surface area (Å²) in [7, 11) is 0. The van der Waals surface area contributed by atoms with E-state index < -0.39 is 53.6 Å². The number of hydrogen-bond acceptors (Lipinski definition) is 3. The van der Waals surface area contributed by atoms with E-state index in [1.165, 1.54) is 23.2 Å². The second-order valence-corrected chi connectivity index (χ2v) is 9.18. The van der Waals surface area contributed by atoms with Crippen molar-refractivity contribution >= 4 is 5.91 Å². The molecule has 11 heteroatoms. The number of pyridine rings is 1. The van der Waals surface area contributed by atoms with Gasteiger partial charge in [-0.1, -0.05) is 24.3 Å². The average Bonchev–Trinajstić information content (AvgIpc) is 2.86. The maximum Gasteiger partial charge on any atom is 0.416 e. The van der Waals surface area contributed by atoms with E-state index >= 15 is 0 Å². The van der Waals surface area contributed by atoms with Crippen molar-refractivity contribution in [2.24, 2.45) is 0 Å². The molecule has 0 spiro atoms. The van der Waals surface area contributed by atoms with E-state index in [4.69, 9.17) is 4.74 Å². The summed E-state index contributed by atoms with van der Waals surface area (Å²) in [6.45, 7) is 1.72. The SMILES string of the molecule is Cc1ccccc1[C@@H]1CN(C(=O)c2ccc[nH]c2=O)CC[C@@H]1OCc1cc(C(F)(F)F)cc(C(F)(F)F)c1. The van der Waals surface area contributed by atoms with Crippen molar-refractivity contribution < 1.29 is 35.9 Å². The van der Waals surface area contributed by atoms with Crippen molar-refractivity contribution in [3.05, 3.63) is 105 Å². The lowest BCUT2D eigenvalue weighted by Crippen LogP contribution is -2.47. The van der Waals surface area contributed by atoms with Crippen LogP contribution in [0.1, 0.15) is 50.5 Å². The molecule has 4 rings (SSSR count). The van der Waals surface area contributed by atoms with Gasteiger partial charge in [-0.15, -0.1) is 0 Å². The van der Waals surface area contributed by atoms with Gasteiger partial charge in [0, 0.05) is 25.2 Å². The number of ether oxygens (including phenoxy) is 1. The minimum absolute atomic E-state index is 0.0287. The number of piperidine rings is 1. The number of amides is 1. The molecule has 3 aromatic rings. The fourth-order valence-corrected chi connectivity index (χ4v) is 4.68. The zero-order valence-corrected chi connectivity index (χ0v) is 20.2. The fraction of sp³-hybridized carbons (Fsp3) is 0.333. The van der Waals surface area contributed by atoms with Gasteiger partial charge in [-0.2, -0.15) is 26.3 Å². The number of aromatic nitrogens is 1. The molecule has 2 aromatic carbocycles. The summed E-state index contributed by atoms with van der Waals surface area (Å²) < 4.78 is 85.6. The second kappa shape index (κ2) is 10.6. The van der Waals surface area contributed by atoms with Gasteiger partial charge in [0.05, 0.1) is 23.8 Å². The Morgan fingerprint density at radius 2 is 1.66 bits per heavy atom. The van der Waals surface area contributed by atoms with Crippen LogP contribution < -0.4 is 5.56 Å². The highest BCUT2D eigenvalue weighted by atomic mass is 19.4. The van der Waals surface area contributed by atoms with E-state index in [-0.39, 0.29) is 36.7 Å². The zero-order valence-electron chi connectivity index (χ0n) is 20.2. The number of carbonyl (C=O) groups excluding carboxylic acids is 1. The summed E-state index contributed by atoms with van der Waals surface area (Å²) in [6, 6.07) is 11.6. The normalized spacial score (nSPS) is 18.4. The third-order valence-electron chi connectivity index (χ3n) is 6.58. The topological polar surface area (TPSA) is 62.4 Å². The molecule has 1 aromatic heterocycles. The number of aryl methyl sites for hydroxylation is 1. The van der Waals surface area contributed by atoms with Crippen molar-refractivity contribution in [1.82, 2.24) is 9.88 Å². The van der Waals surface area contributed by atoms with Gasteiger partial charge in [-0.3, -0.25) is 9.59 Å². The molecule has 0 saturated carbocycles. The van der Waals surface area contributed by atoms with Gasteiger partial charge in [0.2, 0.25) is 0 Å². The van der Waals surface area contributed by atoms with Crippen LogP contribution in [0.5, 0.6) is 0 Å². The first-order valence-electron chi connectivity index (χ1n) is 11.8. The second-order valence-electron chi connectivity index (χ2n) is 9.18. The van der Waals surface area contributed by atoms with E-state index in [1.54, 1.807) is 6.07 Å². The van der Waals surface area contributed by atoms with Crippen LogP contribution in [0.2, 0.25) is 0 Å². The van der Waals surface area contributed by atoms with Gasteiger partial charge < -0.3 is 14.6 Å². The van der Waals surface area contributed by atoms with Crippen LogP contribution in [0.25, 0.3) is 0 Å². The van der Waals surface area contributed by atoms with E-state index in [2.05, 4.69) is 4.98 Å². The standard InChI is InChI=1S/C27H24F6N2O3/c1-16-5-2-3-6-20(16)22-14-35(25(37)21-7-4-9-34-24(21)36)10-8-23(22)38-15-17-11-18(26(28,29)30)13-19(12-17)27(31,32)33/h2-7,9,11-13,22-23H,8,10,14-15H2,1H3,(H,34,36)/t22-,23-/m0/s1. The molecule has 1 aliphatic heterocycles. The smallest absolute Gasteiger partial charge is 0.373 e. The quantitative estimate of drug-likeness (QED) is 0.410. The molecule has 0 aliphatic carbocycles. The molecule has 5 nitrogen and oxygen atoms in total. The number of carbonyl (C=O) groups is 1. The van der Waals surface area contributed by atoms with Gasteiger partial charge in [-0.25, -0.2) is 0 Å². The minimum Gasteiger partial charge on any atom is -0.373 e. The van der Waals surface area contributed by atoms with E-state index in [0.717, 1.165) is 11.1 Å². The molecule has 0 radical (unpaired) electrons. The lowest BCUT2D eigenvalue weighted by molar-refractivity contribution is -0.143. The Balaban J connectivity index is 1.61. The Kier molecular flexibility index (Phi) is 7.68. The predicted molar refractivity (Wildman–Crippen MR) is 127 cm³/mol. The van der Waals surface area contributed by atoms with E-state index in [0.29, 0.717) is 12.1 Å². The highest BCUT2D eigenvalue weighted by Gasteiger charge is 2.38. The van der Waals surface area contributed by atoms with Crippen LogP contribution in [0.3, 0.4) is 0 Å². The summed E-state index contributed by atoms with van der Waals surface area (Å²) in [5, 5.41) is 0. The number of hydrogen-bond donors (Lipinski definition) is 1. The average molecular weight is 538 g/mol. The third kappa shape index (κ3) is 6.09. The van der Waals surface area contributed by atoms with Gasteiger partial charge in [0.15, 0.2) is 0 Å². The molecule has 0 unspecified atom stereocenters. The number of aromatic amines is 1. The van der Waals surface area contributed by atoms with Crippen molar-refractivity contribution in [2.45, 2.75) is 44.3 Å². The highest BCUT2D eigenvalue weighted by Crippen LogP contribution is 2.37. The first-order chi connectivity index (χ1) is 17.8. The summed E-state index contributed by atoms with van der Waals surface area (Å²) in [4.78, 5) is 29.2. The lowest BCUT2D eigenvalue weighted by Gasteiger charge is -2.39. The Morgan fingerprint density at radius 3 is 2.26 bits per heavy atom. The van der Waals surface area contributed by atoms with Crippen LogP contribution in [0, 0.1) is 6.92 Å². The van der Waals surface area contributed by atoms with Gasteiger partial charge in [-0.05, 0) is 60.4 Å². The predicted octanol–water partition coefficient (Wildman–Crippen LogP) is 5.94. The fourth-order valence-electron chi connectivity index (χ4n) is 4.68. The summed E-state index contributed by atoms with van der Waals surface area (Å²) in [5.41, 5.74) is -1.92.